The lowest BCUT2D eigenvalue weighted by molar-refractivity contribution is 0.259. The Labute approximate surface area is 86.6 Å². The van der Waals surface area contributed by atoms with Gasteiger partial charge >= 0.3 is 0 Å². The van der Waals surface area contributed by atoms with Gasteiger partial charge in [0.05, 0.1) is 11.5 Å². The summed E-state index contributed by atoms with van der Waals surface area (Å²) >= 11 is 0. The molecule has 1 heterocycles. The molecule has 0 radical (unpaired) electrons. The first kappa shape index (κ1) is 11.9. The fourth-order valence-corrected chi connectivity index (χ4v) is 3.62. The molecule has 1 rings (SSSR count). The van der Waals surface area contributed by atoms with Crippen molar-refractivity contribution in [1.29, 1.82) is 0 Å². The van der Waals surface area contributed by atoms with Crippen LogP contribution >= 0.6 is 0 Å². The number of hydrogen-bond donors (Lipinski definition) is 1. The summed E-state index contributed by atoms with van der Waals surface area (Å²) in [6, 6.07) is 0.247. The van der Waals surface area contributed by atoms with E-state index in [1.54, 1.807) is 0 Å². The molecule has 0 spiro atoms. The highest BCUT2D eigenvalue weighted by molar-refractivity contribution is 7.91. The molecule has 0 aromatic carbocycles. The summed E-state index contributed by atoms with van der Waals surface area (Å²) in [5.74, 6) is 0.719. The summed E-state index contributed by atoms with van der Waals surface area (Å²) in [6.45, 7) is 1.96. The Hall–Kier alpha value is -0.130. The molecule has 0 amide bonds. The highest BCUT2D eigenvalue weighted by Gasteiger charge is 2.30. The molecule has 1 aliphatic heterocycles. The first-order valence-electron chi connectivity index (χ1n) is 5.10. The lowest BCUT2D eigenvalue weighted by atomic mass is 10.2. The van der Waals surface area contributed by atoms with E-state index in [2.05, 4.69) is 10.2 Å². The van der Waals surface area contributed by atoms with Gasteiger partial charge in [-0.2, -0.15) is 0 Å². The first-order valence-corrected chi connectivity index (χ1v) is 6.92. The highest BCUT2D eigenvalue weighted by atomic mass is 32.2. The van der Waals surface area contributed by atoms with E-state index in [-0.39, 0.29) is 6.04 Å². The predicted octanol–water partition coefficient (Wildman–Crippen LogP) is -0.285. The van der Waals surface area contributed by atoms with E-state index in [9.17, 15) is 8.42 Å². The van der Waals surface area contributed by atoms with Crippen LogP contribution in [0, 0.1) is 0 Å². The van der Waals surface area contributed by atoms with Crippen molar-refractivity contribution in [1.82, 2.24) is 10.2 Å². The first-order chi connectivity index (χ1) is 6.55. The van der Waals surface area contributed by atoms with Crippen LogP contribution in [0.4, 0.5) is 0 Å². The summed E-state index contributed by atoms with van der Waals surface area (Å²) in [4.78, 5) is 2.17. The number of sulfone groups is 1. The van der Waals surface area contributed by atoms with Crippen LogP contribution in [0.1, 0.15) is 12.8 Å². The molecule has 14 heavy (non-hydrogen) atoms. The fraction of sp³-hybridized carbons (Fsp3) is 1.00. The summed E-state index contributed by atoms with van der Waals surface area (Å²) in [5, 5.41) is 3.08. The second kappa shape index (κ2) is 5.09. The Morgan fingerprint density at radius 1 is 1.50 bits per heavy atom. The summed E-state index contributed by atoms with van der Waals surface area (Å²) in [6.07, 6.45) is 1.88. The molecule has 0 aromatic heterocycles. The van der Waals surface area contributed by atoms with Crippen LogP contribution in [-0.4, -0.2) is 58.1 Å². The van der Waals surface area contributed by atoms with Gasteiger partial charge in [0.1, 0.15) is 0 Å². The molecule has 84 valence electrons. The average molecular weight is 220 g/mol. The number of rotatable bonds is 5. The van der Waals surface area contributed by atoms with Crippen LogP contribution in [0.25, 0.3) is 0 Å². The quantitative estimate of drug-likeness (QED) is 0.647. The van der Waals surface area contributed by atoms with Gasteiger partial charge in [0.25, 0.3) is 0 Å². The molecule has 0 saturated carbocycles. The third kappa shape index (κ3) is 3.55. The molecule has 1 atom stereocenters. The van der Waals surface area contributed by atoms with E-state index in [1.165, 1.54) is 0 Å². The van der Waals surface area contributed by atoms with E-state index >= 15 is 0 Å². The molecule has 1 saturated heterocycles. The predicted molar refractivity (Wildman–Crippen MR) is 58.2 cm³/mol. The van der Waals surface area contributed by atoms with E-state index in [0.29, 0.717) is 11.5 Å². The Morgan fingerprint density at radius 2 is 2.21 bits per heavy atom. The van der Waals surface area contributed by atoms with Gasteiger partial charge < -0.3 is 10.2 Å². The van der Waals surface area contributed by atoms with Crippen molar-refractivity contribution in [3.63, 3.8) is 0 Å². The zero-order valence-electron chi connectivity index (χ0n) is 8.99. The second-order valence-electron chi connectivity index (χ2n) is 3.99. The molecule has 1 unspecified atom stereocenters. The molecule has 0 aromatic rings. The third-order valence-electron chi connectivity index (χ3n) is 2.77. The Morgan fingerprint density at radius 3 is 2.71 bits per heavy atom. The molecular formula is C9H20N2O2S. The lowest BCUT2D eigenvalue weighted by Gasteiger charge is -2.22. The van der Waals surface area contributed by atoms with Crippen molar-refractivity contribution < 1.29 is 8.42 Å². The Bertz CT molecular complexity index is 264. The van der Waals surface area contributed by atoms with Gasteiger partial charge in [-0.05, 0) is 40.0 Å². The van der Waals surface area contributed by atoms with Crippen LogP contribution in [0.15, 0.2) is 0 Å². The summed E-state index contributed by atoms with van der Waals surface area (Å²) in [7, 11) is 1.22. The molecule has 4 nitrogen and oxygen atoms in total. The number of hydrogen-bond acceptors (Lipinski definition) is 4. The summed E-state index contributed by atoms with van der Waals surface area (Å²) in [5.41, 5.74) is 0. The maximum Gasteiger partial charge on any atom is 0.151 e. The van der Waals surface area contributed by atoms with Crippen molar-refractivity contribution in [3.8, 4) is 0 Å². The van der Waals surface area contributed by atoms with Gasteiger partial charge in [-0.15, -0.1) is 0 Å². The van der Waals surface area contributed by atoms with Gasteiger partial charge in [-0.25, -0.2) is 8.42 Å². The SMILES string of the molecule is CNCCCN(C)C1CCS(=O)(=O)C1. The van der Waals surface area contributed by atoms with Gasteiger partial charge in [0.15, 0.2) is 9.84 Å². The van der Waals surface area contributed by atoms with Crippen molar-refractivity contribution in [2.45, 2.75) is 18.9 Å². The Balaban J connectivity index is 2.29. The van der Waals surface area contributed by atoms with Crippen LogP contribution in [-0.2, 0) is 9.84 Å². The summed E-state index contributed by atoms with van der Waals surface area (Å²) < 4.78 is 22.5. The smallest absolute Gasteiger partial charge is 0.151 e. The standard InChI is InChI=1S/C9H20N2O2S/c1-10-5-3-6-11(2)9-4-7-14(12,13)8-9/h9-10H,3-8H2,1-2H3. The minimum absolute atomic E-state index is 0.247. The largest absolute Gasteiger partial charge is 0.320 e. The van der Waals surface area contributed by atoms with Gasteiger partial charge in [0.2, 0.25) is 0 Å². The maximum absolute atomic E-state index is 11.2. The number of nitrogens with one attached hydrogen (secondary N) is 1. The topological polar surface area (TPSA) is 49.4 Å². The van der Waals surface area contributed by atoms with Crippen molar-refractivity contribution >= 4 is 9.84 Å². The molecule has 1 aliphatic rings. The van der Waals surface area contributed by atoms with Gasteiger partial charge in [0, 0.05) is 6.04 Å². The van der Waals surface area contributed by atoms with Gasteiger partial charge in [-0.3, -0.25) is 0 Å². The second-order valence-corrected chi connectivity index (χ2v) is 6.22. The highest BCUT2D eigenvalue weighted by Crippen LogP contribution is 2.16. The minimum atomic E-state index is -2.73. The minimum Gasteiger partial charge on any atom is -0.320 e. The number of nitrogens with zero attached hydrogens (tertiary/aromatic N) is 1. The molecule has 1 fully saturated rings. The zero-order chi connectivity index (χ0) is 10.6. The third-order valence-corrected chi connectivity index (χ3v) is 4.52. The van der Waals surface area contributed by atoms with E-state index in [0.717, 1.165) is 25.9 Å². The van der Waals surface area contributed by atoms with E-state index in [4.69, 9.17) is 0 Å². The molecule has 0 aliphatic carbocycles. The molecular weight excluding hydrogens is 200 g/mol. The Kier molecular flexibility index (Phi) is 4.34. The monoisotopic (exact) mass is 220 g/mol. The lowest BCUT2D eigenvalue weighted by Crippen LogP contribution is -2.34. The normalized spacial score (nSPS) is 25.8. The van der Waals surface area contributed by atoms with Crippen molar-refractivity contribution in [2.75, 3.05) is 38.7 Å². The van der Waals surface area contributed by atoms with Gasteiger partial charge in [-0.1, -0.05) is 0 Å². The van der Waals surface area contributed by atoms with E-state index < -0.39 is 9.84 Å². The van der Waals surface area contributed by atoms with Crippen molar-refractivity contribution in [2.24, 2.45) is 0 Å². The average Bonchev–Trinajstić information content (AvgIpc) is 2.46. The molecule has 0 bridgehead atoms. The molecule has 5 heteroatoms. The van der Waals surface area contributed by atoms with Crippen LogP contribution in [0.3, 0.4) is 0 Å². The fourth-order valence-electron chi connectivity index (χ4n) is 1.81. The van der Waals surface area contributed by atoms with Crippen LogP contribution < -0.4 is 5.32 Å². The van der Waals surface area contributed by atoms with Crippen LogP contribution in [0.2, 0.25) is 0 Å². The maximum atomic E-state index is 11.2. The van der Waals surface area contributed by atoms with E-state index in [1.807, 2.05) is 14.1 Å². The molecule has 1 N–H and O–H groups in total. The zero-order valence-corrected chi connectivity index (χ0v) is 9.81. The van der Waals surface area contributed by atoms with Crippen LogP contribution in [0.5, 0.6) is 0 Å². The van der Waals surface area contributed by atoms with Crippen molar-refractivity contribution in [3.05, 3.63) is 0 Å².